The highest BCUT2D eigenvalue weighted by atomic mass is 14.8. The standard InChI is InChI=1S/C13H29N/c1-7-14-11-10-13(5,6)9-8-12(2,3)4/h14H,7-11H2,1-6H3. The van der Waals surface area contributed by atoms with E-state index < -0.39 is 0 Å². The minimum absolute atomic E-state index is 0.482. The van der Waals surface area contributed by atoms with Gasteiger partial charge in [0, 0.05) is 0 Å². The van der Waals surface area contributed by atoms with Crippen LogP contribution in [0.1, 0.15) is 60.8 Å². The van der Waals surface area contributed by atoms with Crippen LogP contribution in [0.5, 0.6) is 0 Å². The van der Waals surface area contributed by atoms with Crippen molar-refractivity contribution in [1.82, 2.24) is 5.32 Å². The van der Waals surface area contributed by atoms with E-state index in [0.717, 1.165) is 13.1 Å². The van der Waals surface area contributed by atoms with E-state index in [1.807, 2.05) is 0 Å². The summed E-state index contributed by atoms with van der Waals surface area (Å²) in [6, 6.07) is 0. The summed E-state index contributed by atoms with van der Waals surface area (Å²) in [5, 5.41) is 3.40. The maximum atomic E-state index is 3.40. The maximum absolute atomic E-state index is 3.40. The zero-order valence-corrected chi connectivity index (χ0v) is 11.0. The molecule has 0 aromatic carbocycles. The fraction of sp³-hybridized carbons (Fsp3) is 1.00. The fourth-order valence-electron chi connectivity index (χ4n) is 1.44. The first kappa shape index (κ1) is 14.0. The molecule has 86 valence electrons. The monoisotopic (exact) mass is 199 g/mol. The van der Waals surface area contributed by atoms with Gasteiger partial charge in [0.1, 0.15) is 0 Å². The predicted molar refractivity (Wildman–Crippen MR) is 65.6 cm³/mol. The lowest BCUT2D eigenvalue weighted by atomic mass is 9.78. The first-order valence-electron chi connectivity index (χ1n) is 5.97. The van der Waals surface area contributed by atoms with Gasteiger partial charge in [0.25, 0.3) is 0 Å². The Labute approximate surface area is 90.7 Å². The highest BCUT2D eigenvalue weighted by Gasteiger charge is 2.20. The Morgan fingerprint density at radius 3 is 1.86 bits per heavy atom. The molecule has 0 unspecified atom stereocenters. The van der Waals surface area contributed by atoms with Gasteiger partial charge < -0.3 is 5.32 Å². The largest absolute Gasteiger partial charge is 0.317 e. The van der Waals surface area contributed by atoms with Crippen LogP contribution in [0.4, 0.5) is 0 Å². The minimum atomic E-state index is 0.482. The Balaban J connectivity index is 3.72. The summed E-state index contributed by atoms with van der Waals surface area (Å²) in [5.74, 6) is 0. The molecule has 0 spiro atoms. The van der Waals surface area contributed by atoms with Gasteiger partial charge in [0.05, 0.1) is 0 Å². The lowest BCUT2D eigenvalue weighted by molar-refractivity contribution is 0.239. The van der Waals surface area contributed by atoms with Crippen molar-refractivity contribution in [1.29, 1.82) is 0 Å². The van der Waals surface area contributed by atoms with E-state index in [2.05, 4.69) is 46.9 Å². The SMILES string of the molecule is CCNCCC(C)(C)CCC(C)(C)C. The Morgan fingerprint density at radius 2 is 1.43 bits per heavy atom. The molecule has 0 aliphatic carbocycles. The van der Waals surface area contributed by atoms with Gasteiger partial charge in [-0.2, -0.15) is 0 Å². The van der Waals surface area contributed by atoms with Crippen LogP contribution in [-0.2, 0) is 0 Å². The Bertz CT molecular complexity index is 142. The van der Waals surface area contributed by atoms with Gasteiger partial charge in [-0.1, -0.05) is 41.5 Å². The van der Waals surface area contributed by atoms with Crippen LogP contribution in [-0.4, -0.2) is 13.1 Å². The molecule has 0 fully saturated rings. The van der Waals surface area contributed by atoms with Gasteiger partial charge in [-0.15, -0.1) is 0 Å². The summed E-state index contributed by atoms with van der Waals surface area (Å²) in [6.07, 6.45) is 3.95. The molecule has 0 rings (SSSR count). The number of nitrogens with one attached hydrogen (secondary N) is 1. The molecule has 0 amide bonds. The Morgan fingerprint density at radius 1 is 0.857 bits per heavy atom. The minimum Gasteiger partial charge on any atom is -0.317 e. The molecule has 14 heavy (non-hydrogen) atoms. The average Bonchev–Trinajstić information content (AvgIpc) is 2.00. The predicted octanol–water partition coefficient (Wildman–Crippen LogP) is 3.84. The zero-order chi connectivity index (χ0) is 11.2. The van der Waals surface area contributed by atoms with Crippen LogP contribution in [0.3, 0.4) is 0 Å². The molecular weight excluding hydrogens is 170 g/mol. The smallest absolute Gasteiger partial charge is 0.00439 e. The van der Waals surface area contributed by atoms with E-state index in [1.165, 1.54) is 19.3 Å². The van der Waals surface area contributed by atoms with Crippen LogP contribution in [0, 0.1) is 10.8 Å². The van der Waals surface area contributed by atoms with E-state index in [9.17, 15) is 0 Å². The summed E-state index contributed by atoms with van der Waals surface area (Å²) >= 11 is 0. The molecule has 0 saturated carbocycles. The Hall–Kier alpha value is -0.0400. The van der Waals surface area contributed by atoms with Crippen molar-refractivity contribution in [2.75, 3.05) is 13.1 Å². The molecule has 1 heteroatoms. The first-order valence-corrected chi connectivity index (χ1v) is 5.97. The molecule has 0 aliphatic heterocycles. The second-order valence-electron chi connectivity index (χ2n) is 6.33. The molecule has 0 heterocycles. The van der Waals surface area contributed by atoms with Crippen molar-refractivity contribution in [2.24, 2.45) is 10.8 Å². The summed E-state index contributed by atoms with van der Waals surface area (Å²) in [6.45, 7) is 16.2. The van der Waals surface area contributed by atoms with Gasteiger partial charge >= 0.3 is 0 Å². The molecule has 1 nitrogen and oxygen atoms in total. The molecule has 0 aromatic rings. The van der Waals surface area contributed by atoms with E-state index in [-0.39, 0.29) is 0 Å². The summed E-state index contributed by atoms with van der Waals surface area (Å²) in [7, 11) is 0. The van der Waals surface area contributed by atoms with Gasteiger partial charge in [0.2, 0.25) is 0 Å². The molecule has 0 atom stereocenters. The quantitative estimate of drug-likeness (QED) is 0.641. The van der Waals surface area contributed by atoms with Crippen LogP contribution in [0.15, 0.2) is 0 Å². The third kappa shape index (κ3) is 8.55. The molecular formula is C13H29N. The highest BCUT2D eigenvalue weighted by molar-refractivity contribution is 4.73. The molecule has 1 N–H and O–H groups in total. The van der Waals surface area contributed by atoms with Crippen molar-refractivity contribution < 1.29 is 0 Å². The third-order valence-electron chi connectivity index (χ3n) is 2.78. The molecule has 0 aromatic heterocycles. The fourth-order valence-corrected chi connectivity index (χ4v) is 1.44. The van der Waals surface area contributed by atoms with E-state index in [0.29, 0.717) is 10.8 Å². The molecule has 0 aliphatic rings. The van der Waals surface area contributed by atoms with Crippen LogP contribution in [0.2, 0.25) is 0 Å². The number of rotatable bonds is 6. The molecule has 0 saturated heterocycles. The lowest BCUT2D eigenvalue weighted by Gasteiger charge is -2.29. The molecule has 0 radical (unpaired) electrons. The van der Waals surface area contributed by atoms with Crippen molar-refractivity contribution in [3.05, 3.63) is 0 Å². The highest BCUT2D eigenvalue weighted by Crippen LogP contribution is 2.32. The van der Waals surface area contributed by atoms with Gasteiger partial charge in [-0.3, -0.25) is 0 Å². The first-order chi connectivity index (χ1) is 6.27. The van der Waals surface area contributed by atoms with Crippen LogP contribution >= 0.6 is 0 Å². The lowest BCUT2D eigenvalue weighted by Crippen LogP contribution is -2.23. The third-order valence-corrected chi connectivity index (χ3v) is 2.78. The van der Waals surface area contributed by atoms with Gasteiger partial charge in [0.15, 0.2) is 0 Å². The maximum Gasteiger partial charge on any atom is -0.00439 e. The summed E-state index contributed by atoms with van der Waals surface area (Å²) < 4.78 is 0. The molecule has 0 bridgehead atoms. The van der Waals surface area contributed by atoms with Crippen molar-refractivity contribution in [3.63, 3.8) is 0 Å². The summed E-state index contributed by atoms with van der Waals surface area (Å²) in [5.41, 5.74) is 0.977. The average molecular weight is 199 g/mol. The van der Waals surface area contributed by atoms with E-state index >= 15 is 0 Å². The summed E-state index contributed by atoms with van der Waals surface area (Å²) in [4.78, 5) is 0. The number of hydrogen-bond acceptors (Lipinski definition) is 1. The Kier molecular flexibility index (Phi) is 5.73. The normalized spacial score (nSPS) is 13.3. The zero-order valence-electron chi connectivity index (χ0n) is 11.0. The second-order valence-corrected chi connectivity index (χ2v) is 6.33. The van der Waals surface area contributed by atoms with E-state index in [4.69, 9.17) is 0 Å². The van der Waals surface area contributed by atoms with E-state index in [1.54, 1.807) is 0 Å². The van der Waals surface area contributed by atoms with Crippen molar-refractivity contribution in [3.8, 4) is 0 Å². The van der Waals surface area contributed by atoms with Crippen LogP contribution in [0.25, 0.3) is 0 Å². The van der Waals surface area contributed by atoms with Gasteiger partial charge in [-0.05, 0) is 43.2 Å². The topological polar surface area (TPSA) is 12.0 Å². The van der Waals surface area contributed by atoms with Crippen molar-refractivity contribution >= 4 is 0 Å². The number of hydrogen-bond donors (Lipinski definition) is 1. The van der Waals surface area contributed by atoms with Crippen molar-refractivity contribution in [2.45, 2.75) is 60.8 Å². The second kappa shape index (κ2) is 5.75. The van der Waals surface area contributed by atoms with Gasteiger partial charge in [-0.25, -0.2) is 0 Å². The van der Waals surface area contributed by atoms with Crippen LogP contribution < -0.4 is 5.32 Å².